The predicted molar refractivity (Wildman–Crippen MR) is 110 cm³/mol. The molecule has 132 valence electrons. The van der Waals surface area contributed by atoms with Crippen LogP contribution in [0.3, 0.4) is 0 Å². The molecule has 3 rings (SSSR count). The second-order valence-electron chi connectivity index (χ2n) is 6.76. The zero-order chi connectivity index (χ0) is 18.4. The number of carbonyl (C=O) groups excluding carboxylic acids is 1. The van der Waals surface area contributed by atoms with Crippen LogP contribution < -0.4 is 15.1 Å². The maximum atomic E-state index is 12.7. The molecule has 0 unspecified atom stereocenters. The largest absolute Gasteiger partial charge is 0.354 e. The number of amides is 1. The summed E-state index contributed by atoms with van der Waals surface area (Å²) in [6, 6.07) is 27.7. The van der Waals surface area contributed by atoms with E-state index in [9.17, 15) is 4.79 Å². The minimum Gasteiger partial charge on any atom is -0.354 e. The lowest BCUT2D eigenvalue weighted by Crippen LogP contribution is -2.46. The Bertz CT molecular complexity index is 861. The Hall–Kier alpha value is -3.11. The Kier molecular flexibility index (Phi) is 5.34. The van der Waals surface area contributed by atoms with Gasteiger partial charge in [0.25, 0.3) is 5.91 Å². The molecule has 0 aromatic heterocycles. The lowest BCUT2D eigenvalue weighted by Gasteiger charge is -2.28. The van der Waals surface area contributed by atoms with Crippen LogP contribution in [-0.4, -0.2) is 26.5 Å². The van der Waals surface area contributed by atoms with Gasteiger partial charge in [0.2, 0.25) is 0 Å². The van der Waals surface area contributed by atoms with Gasteiger partial charge in [-0.25, -0.2) is 0 Å². The van der Waals surface area contributed by atoms with Crippen molar-refractivity contribution in [3.8, 4) is 0 Å². The van der Waals surface area contributed by atoms with Gasteiger partial charge in [-0.2, -0.15) is 0 Å². The molecule has 0 bridgehead atoms. The number of para-hydroxylation sites is 4. The first-order valence-electron chi connectivity index (χ1n) is 8.64. The van der Waals surface area contributed by atoms with E-state index in [2.05, 4.69) is 10.6 Å². The van der Waals surface area contributed by atoms with Crippen LogP contribution in [-0.2, 0) is 4.79 Å². The third-order valence-electron chi connectivity index (χ3n) is 4.25. The van der Waals surface area contributed by atoms with Gasteiger partial charge in [0.1, 0.15) is 5.69 Å². The molecule has 3 aromatic rings. The summed E-state index contributed by atoms with van der Waals surface area (Å²) in [6.45, 7) is 0.351. The second kappa shape index (κ2) is 7.85. The average Bonchev–Trinajstić information content (AvgIpc) is 2.64. The standard InChI is InChI=1S/C22H23N3O/c1-25(2,19-13-7-4-8-14-19)17-22(26)24-21-16-10-9-15-20(21)23-18-11-5-3-6-12-18/h3-16,23H,17H2,1-2H3/p+1. The first-order valence-corrected chi connectivity index (χ1v) is 8.64. The molecule has 26 heavy (non-hydrogen) atoms. The molecule has 3 aromatic carbocycles. The predicted octanol–water partition coefficient (Wildman–Crippen LogP) is 4.64. The van der Waals surface area contributed by atoms with Gasteiger partial charge in [-0.15, -0.1) is 0 Å². The van der Waals surface area contributed by atoms with Crippen LogP contribution in [0.2, 0.25) is 0 Å². The van der Waals surface area contributed by atoms with Crippen molar-refractivity contribution >= 4 is 28.7 Å². The Labute approximate surface area is 154 Å². The van der Waals surface area contributed by atoms with Crippen LogP contribution in [0, 0.1) is 0 Å². The van der Waals surface area contributed by atoms with Gasteiger partial charge < -0.3 is 10.6 Å². The fourth-order valence-corrected chi connectivity index (χ4v) is 2.85. The van der Waals surface area contributed by atoms with E-state index in [1.165, 1.54) is 0 Å². The molecule has 0 saturated heterocycles. The number of nitrogens with one attached hydrogen (secondary N) is 2. The highest BCUT2D eigenvalue weighted by Crippen LogP contribution is 2.25. The van der Waals surface area contributed by atoms with Gasteiger partial charge in [0.05, 0.1) is 25.5 Å². The molecule has 0 aliphatic carbocycles. The summed E-state index contributed by atoms with van der Waals surface area (Å²) in [5, 5.41) is 6.39. The monoisotopic (exact) mass is 346 g/mol. The molecule has 4 nitrogen and oxygen atoms in total. The van der Waals surface area contributed by atoms with Crippen LogP contribution >= 0.6 is 0 Å². The molecule has 0 radical (unpaired) electrons. The van der Waals surface area contributed by atoms with Crippen molar-refractivity contribution in [1.82, 2.24) is 4.48 Å². The van der Waals surface area contributed by atoms with E-state index in [1.807, 2.05) is 99.0 Å². The zero-order valence-electron chi connectivity index (χ0n) is 15.1. The van der Waals surface area contributed by atoms with Gasteiger partial charge in [-0.3, -0.25) is 9.28 Å². The highest BCUT2D eigenvalue weighted by atomic mass is 16.2. The van der Waals surface area contributed by atoms with E-state index >= 15 is 0 Å². The van der Waals surface area contributed by atoms with Crippen molar-refractivity contribution in [2.24, 2.45) is 0 Å². The molecule has 0 heterocycles. The van der Waals surface area contributed by atoms with Crippen molar-refractivity contribution in [3.05, 3.63) is 84.9 Å². The van der Waals surface area contributed by atoms with E-state index < -0.39 is 0 Å². The fraction of sp³-hybridized carbons (Fsp3) is 0.136. The van der Waals surface area contributed by atoms with Crippen molar-refractivity contribution in [3.63, 3.8) is 0 Å². The number of hydrogen-bond acceptors (Lipinski definition) is 2. The number of carbonyl (C=O) groups is 1. The summed E-state index contributed by atoms with van der Waals surface area (Å²) in [6.07, 6.45) is 0. The van der Waals surface area contributed by atoms with Gasteiger partial charge in [-0.05, 0) is 36.4 Å². The zero-order valence-corrected chi connectivity index (χ0v) is 15.1. The minimum absolute atomic E-state index is 0.0267. The molecule has 0 aliphatic rings. The number of quaternary nitrogens is 1. The molecular formula is C22H24N3O+. The minimum atomic E-state index is -0.0267. The molecular weight excluding hydrogens is 322 g/mol. The summed E-state index contributed by atoms with van der Waals surface area (Å²) in [5.74, 6) is -0.0267. The molecule has 4 heteroatoms. The lowest BCUT2D eigenvalue weighted by molar-refractivity contribution is -0.116. The highest BCUT2D eigenvalue weighted by Gasteiger charge is 2.23. The SMILES string of the molecule is C[N+](C)(CC(=O)Nc1ccccc1Nc1ccccc1)c1ccccc1. The van der Waals surface area contributed by atoms with Crippen LogP contribution in [0.25, 0.3) is 0 Å². The van der Waals surface area contributed by atoms with Crippen molar-refractivity contribution in [1.29, 1.82) is 0 Å². The number of rotatable bonds is 6. The van der Waals surface area contributed by atoms with E-state index in [0.717, 1.165) is 22.7 Å². The van der Waals surface area contributed by atoms with Crippen molar-refractivity contribution in [2.75, 3.05) is 31.3 Å². The Morgan fingerprint density at radius 3 is 1.96 bits per heavy atom. The van der Waals surface area contributed by atoms with Crippen LogP contribution in [0.5, 0.6) is 0 Å². The van der Waals surface area contributed by atoms with Gasteiger partial charge >= 0.3 is 0 Å². The average molecular weight is 346 g/mol. The lowest BCUT2D eigenvalue weighted by atomic mass is 10.2. The second-order valence-corrected chi connectivity index (χ2v) is 6.76. The molecule has 1 amide bonds. The van der Waals surface area contributed by atoms with E-state index in [1.54, 1.807) is 0 Å². The summed E-state index contributed by atoms with van der Waals surface area (Å²) in [4.78, 5) is 12.7. The molecule has 0 saturated carbocycles. The Balaban J connectivity index is 1.72. The highest BCUT2D eigenvalue weighted by molar-refractivity contribution is 5.96. The maximum Gasteiger partial charge on any atom is 0.280 e. The van der Waals surface area contributed by atoms with Crippen LogP contribution in [0.4, 0.5) is 22.7 Å². The number of nitrogens with zero attached hydrogens (tertiary/aromatic N) is 1. The smallest absolute Gasteiger partial charge is 0.280 e. The fourth-order valence-electron chi connectivity index (χ4n) is 2.85. The molecule has 0 spiro atoms. The molecule has 0 atom stereocenters. The number of likely N-dealkylation sites (N-methyl/N-ethyl adjacent to an activating group) is 1. The van der Waals surface area contributed by atoms with Gasteiger partial charge in [-0.1, -0.05) is 48.5 Å². The summed E-state index contributed by atoms with van der Waals surface area (Å²) < 4.78 is 0.487. The first-order chi connectivity index (χ1) is 12.5. The number of anilines is 3. The van der Waals surface area contributed by atoms with E-state index in [0.29, 0.717) is 11.0 Å². The van der Waals surface area contributed by atoms with Crippen LogP contribution in [0.1, 0.15) is 0 Å². The maximum absolute atomic E-state index is 12.7. The summed E-state index contributed by atoms with van der Waals surface area (Å²) >= 11 is 0. The third-order valence-corrected chi connectivity index (χ3v) is 4.25. The normalized spacial score (nSPS) is 11.0. The molecule has 0 fully saturated rings. The third kappa shape index (κ3) is 4.49. The molecule has 2 N–H and O–H groups in total. The van der Waals surface area contributed by atoms with Gasteiger partial charge in [0.15, 0.2) is 6.54 Å². The quantitative estimate of drug-likeness (QED) is 0.639. The van der Waals surface area contributed by atoms with Crippen LogP contribution in [0.15, 0.2) is 84.9 Å². The number of hydrogen-bond donors (Lipinski definition) is 2. The number of benzene rings is 3. The Morgan fingerprint density at radius 2 is 1.31 bits per heavy atom. The summed E-state index contributed by atoms with van der Waals surface area (Å²) in [5.41, 5.74) is 3.72. The first kappa shape index (κ1) is 17.7. The van der Waals surface area contributed by atoms with Crippen molar-refractivity contribution in [2.45, 2.75) is 0 Å². The van der Waals surface area contributed by atoms with E-state index in [4.69, 9.17) is 0 Å². The summed E-state index contributed by atoms with van der Waals surface area (Å²) in [7, 11) is 4.06. The topological polar surface area (TPSA) is 41.1 Å². The Morgan fingerprint density at radius 1 is 0.769 bits per heavy atom. The molecule has 0 aliphatic heterocycles. The van der Waals surface area contributed by atoms with E-state index in [-0.39, 0.29) is 5.91 Å². The van der Waals surface area contributed by atoms with Crippen molar-refractivity contribution < 1.29 is 4.79 Å². The van der Waals surface area contributed by atoms with Gasteiger partial charge in [0, 0.05) is 5.69 Å².